The van der Waals surface area contributed by atoms with E-state index in [0.29, 0.717) is 18.6 Å². The van der Waals surface area contributed by atoms with E-state index in [1.165, 1.54) is 11.1 Å². The molecular formula is C24H30N2O2. The van der Waals surface area contributed by atoms with Gasteiger partial charge in [-0.3, -0.25) is 4.79 Å². The molecule has 0 aromatic heterocycles. The number of ether oxygens (including phenoxy) is 1. The second-order valence-corrected chi connectivity index (χ2v) is 8.65. The third-order valence-electron chi connectivity index (χ3n) is 6.44. The summed E-state index contributed by atoms with van der Waals surface area (Å²) in [4.78, 5) is 12.3. The van der Waals surface area contributed by atoms with Gasteiger partial charge in [0, 0.05) is 24.9 Å². The summed E-state index contributed by atoms with van der Waals surface area (Å²) in [6.45, 7) is 6.19. The lowest BCUT2D eigenvalue weighted by Crippen LogP contribution is -2.55. The van der Waals surface area contributed by atoms with Gasteiger partial charge in [-0.2, -0.15) is 0 Å². The Bertz CT molecular complexity index is 812. The summed E-state index contributed by atoms with van der Waals surface area (Å²) in [7, 11) is 0. The van der Waals surface area contributed by atoms with Gasteiger partial charge in [-0.1, -0.05) is 56.3 Å². The van der Waals surface area contributed by atoms with E-state index in [-0.39, 0.29) is 17.4 Å². The molecule has 4 heteroatoms. The normalized spacial score (nSPS) is 25.9. The van der Waals surface area contributed by atoms with Gasteiger partial charge in [0.2, 0.25) is 0 Å². The molecule has 28 heavy (non-hydrogen) atoms. The van der Waals surface area contributed by atoms with E-state index in [9.17, 15) is 4.79 Å². The molecule has 0 unspecified atom stereocenters. The summed E-state index contributed by atoms with van der Waals surface area (Å²) in [6.07, 6.45) is 2.63. The number of carbonyl (C=O) groups excluding carboxylic acids is 1. The van der Waals surface area contributed by atoms with Crippen LogP contribution in [0.4, 0.5) is 5.69 Å². The van der Waals surface area contributed by atoms with Crippen molar-refractivity contribution >= 4 is 11.6 Å². The van der Waals surface area contributed by atoms with Crippen molar-refractivity contribution in [3.63, 3.8) is 0 Å². The van der Waals surface area contributed by atoms with Crippen LogP contribution in [0.15, 0.2) is 54.6 Å². The van der Waals surface area contributed by atoms with Crippen LogP contribution < -0.4 is 10.6 Å². The molecule has 148 valence electrons. The minimum Gasteiger partial charge on any atom is -0.368 e. The van der Waals surface area contributed by atoms with Crippen molar-refractivity contribution in [1.29, 1.82) is 0 Å². The van der Waals surface area contributed by atoms with E-state index < -0.39 is 0 Å². The number of nitrogens with one attached hydrogen (secondary N) is 2. The molecule has 3 atom stereocenters. The highest BCUT2D eigenvalue weighted by molar-refractivity contribution is 5.94. The van der Waals surface area contributed by atoms with Crippen molar-refractivity contribution < 1.29 is 9.53 Å². The zero-order valence-electron chi connectivity index (χ0n) is 16.8. The van der Waals surface area contributed by atoms with Crippen LogP contribution in [0, 0.1) is 5.41 Å². The van der Waals surface area contributed by atoms with Gasteiger partial charge in [-0.05, 0) is 53.9 Å². The highest BCUT2D eigenvalue weighted by atomic mass is 16.5. The first-order valence-electron chi connectivity index (χ1n) is 10.3. The van der Waals surface area contributed by atoms with E-state index in [4.69, 9.17) is 4.74 Å². The molecular weight excluding hydrogens is 348 g/mol. The van der Waals surface area contributed by atoms with Crippen LogP contribution in [0.3, 0.4) is 0 Å². The second-order valence-electron chi connectivity index (χ2n) is 8.65. The molecule has 2 fully saturated rings. The lowest BCUT2D eigenvalue weighted by Gasteiger charge is -2.53. The van der Waals surface area contributed by atoms with Crippen LogP contribution in [0.2, 0.25) is 0 Å². The van der Waals surface area contributed by atoms with E-state index in [2.05, 4.69) is 66.9 Å². The predicted molar refractivity (Wildman–Crippen MR) is 112 cm³/mol. The maximum absolute atomic E-state index is 12.3. The highest BCUT2D eigenvalue weighted by Gasteiger charge is 2.48. The number of hydrogen-bond acceptors (Lipinski definition) is 3. The van der Waals surface area contributed by atoms with Gasteiger partial charge in [0.05, 0.1) is 0 Å². The van der Waals surface area contributed by atoms with Gasteiger partial charge in [-0.25, -0.2) is 0 Å². The molecule has 0 radical (unpaired) electrons. The minimum atomic E-state index is -0.299. The van der Waals surface area contributed by atoms with Crippen LogP contribution in [-0.2, 0) is 16.1 Å². The molecule has 2 N–H and O–H groups in total. The van der Waals surface area contributed by atoms with Gasteiger partial charge < -0.3 is 15.4 Å². The molecule has 0 bridgehead atoms. The Morgan fingerprint density at radius 1 is 1.14 bits per heavy atom. The van der Waals surface area contributed by atoms with Gasteiger partial charge in [0.15, 0.2) is 0 Å². The summed E-state index contributed by atoms with van der Waals surface area (Å²) in [5.41, 5.74) is 3.69. The quantitative estimate of drug-likeness (QED) is 0.779. The topological polar surface area (TPSA) is 50.4 Å². The van der Waals surface area contributed by atoms with Crippen LogP contribution in [0.25, 0.3) is 0 Å². The molecule has 2 aromatic rings. The monoisotopic (exact) mass is 378 g/mol. The molecule has 1 aliphatic heterocycles. The Balaban J connectivity index is 1.32. The molecule has 2 aromatic carbocycles. The fraction of sp³-hybridized carbons (Fsp3) is 0.458. The first-order chi connectivity index (χ1) is 13.5. The van der Waals surface area contributed by atoms with Crippen LogP contribution >= 0.6 is 0 Å². The average molecular weight is 379 g/mol. The number of amides is 1. The number of benzene rings is 2. The SMILES string of the molecule is CC1(C)[C@@H](c2ccccc2)C[C@H]1NCc1cccc(NC(=O)[C@H]2CCCO2)c1. The molecule has 4 rings (SSSR count). The van der Waals surface area contributed by atoms with Crippen molar-refractivity contribution in [1.82, 2.24) is 5.32 Å². The average Bonchev–Trinajstić information content (AvgIpc) is 3.23. The van der Waals surface area contributed by atoms with E-state index in [0.717, 1.165) is 31.5 Å². The number of carbonyl (C=O) groups is 1. The third kappa shape index (κ3) is 3.98. The Kier molecular flexibility index (Phi) is 5.51. The fourth-order valence-electron chi connectivity index (χ4n) is 4.53. The molecule has 0 spiro atoms. The fourth-order valence-corrected chi connectivity index (χ4v) is 4.53. The minimum absolute atomic E-state index is 0.0339. The Morgan fingerprint density at radius 3 is 2.68 bits per heavy atom. The maximum atomic E-state index is 12.3. The molecule has 2 aliphatic rings. The number of anilines is 1. The first kappa shape index (κ1) is 19.2. The van der Waals surface area contributed by atoms with Gasteiger partial charge in [0.1, 0.15) is 6.10 Å². The highest BCUT2D eigenvalue weighted by Crippen LogP contribution is 2.52. The summed E-state index contributed by atoms with van der Waals surface area (Å²) >= 11 is 0. The summed E-state index contributed by atoms with van der Waals surface area (Å²) in [5.74, 6) is 0.566. The standard InChI is InChI=1S/C24H30N2O2/c1-24(2)20(18-9-4-3-5-10-18)15-22(24)25-16-17-8-6-11-19(14-17)26-23(27)21-12-7-13-28-21/h3-6,8-11,14,20-22,25H,7,12-13,15-16H2,1-2H3,(H,26,27)/t20-,21-,22-/m1/s1. The summed E-state index contributed by atoms with van der Waals surface area (Å²) in [6, 6.07) is 19.4. The van der Waals surface area contributed by atoms with Crippen LogP contribution in [0.5, 0.6) is 0 Å². The molecule has 1 amide bonds. The van der Waals surface area contributed by atoms with Crippen LogP contribution in [0.1, 0.15) is 50.2 Å². The van der Waals surface area contributed by atoms with Crippen molar-refractivity contribution in [2.75, 3.05) is 11.9 Å². The zero-order valence-corrected chi connectivity index (χ0v) is 16.8. The van der Waals surface area contributed by atoms with Crippen molar-refractivity contribution in [3.8, 4) is 0 Å². The maximum Gasteiger partial charge on any atom is 0.253 e. The largest absolute Gasteiger partial charge is 0.368 e. The summed E-state index contributed by atoms with van der Waals surface area (Å²) < 4.78 is 5.46. The molecule has 1 saturated carbocycles. The lowest BCUT2D eigenvalue weighted by atomic mass is 9.56. The summed E-state index contributed by atoms with van der Waals surface area (Å²) in [5, 5.41) is 6.72. The van der Waals surface area contributed by atoms with Gasteiger partial charge in [0.25, 0.3) is 5.91 Å². The van der Waals surface area contributed by atoms with Crippen molar-refractivity contribution in [2.24, 2.45) is 5.41 Å². The lowest BCUT2D eigenvalue weighted by molar-refractivity contribution is -0.124. The van der Waals surface area contributed by atoms with Crippen LogP contribution in [-0.4, -0.2) is 24.7 Å². The van der Waals surface area contributed by atoms with Gasteiger partial charge >= 0.3 is 0 Å². The van der Waals surface area contributed by atoms with Crippen molar-refractivity contribution in [3.05, 3.63) is 65.7 Å². The van der Waals surface area contributed by atoms with Gasteiger partial charge in [-0.15, -0.1) is 0 Å². The third-order valence-corrected chi connectivity index (χ3v) is 6.44. The zero-order chi connectivity index (χ0) is 19.6. The van der Waals surface area contributed by atoms with E-state index in [1.807, 2.05) is 12.1 Å². The van der Waals surface area contributed by atoms with Crippen molar-refractivity contribution in [2.45, 2.75) is 57.7 Å². The smallest absolute Gasteiger partial charge is 0.253 e. The number of rotatable bonds is 6. The second kappa shape index (κ2) is 8.06. The molecule has 1 aliphatic carbocycles. The molecule has 4 nitrogen and oxygen atoms in total. The van der Waals surface area contributed by atoms with E-state index >= 15 is 0 Å². The Hall–Kier alpha value is -2.17. The Labute approximate surface area is 167 Å². The molecule has 1 heterocycles. The molecule has 1 saturated heterocycles. The Morgan fingerprint density at radius 2 is 1.96 bits per heavy atom. The predicted octanol–water partition coefficient (Wildman–Crippen LogP) is 4.48. The van der Waals surface area contributed by atoms with E-state index in [1.54, 1.807) is 0 Å². The number of hydrogen-bond donors (Lipinski definition) is 2. The first-order valence-corrected chi connectivity index (χ1v) is 10.3.